The van der Waals surface area contributed by atoms with Gasteiger partial charge in [-0.05, 0) is 42.6 Å². The summed E-state index contributed by atoms with van der Waals surface area (Å²) in [6.45, 7) is 1.80. The maximum atomic E-state index is 6.02. The van der Waals surface area contributed by atoms with Crippen LogP contribution in [-0.4, -0.2) is 29.2 Å². The van der Waals surface area contributed by atoms with Crippen molar-refractivity contribution in [1.82, 2.24) is 9.97 Å². The molecule has 1 fully saturated rings. The average Bonchev–Trinajstić information content (AvgIpc) is 2.49. The molecule has 1 aliphatic rings. The van der Waals surface area contributed by atoms with E-state index < -0.39 is 0 Å². The minimum Gasteiger partial charge on any atom is -0.489 e. The molecule has 20 heavy (non-hydrogen) atoms. The largest absolute Gasteiger partial charge is 0.489 e. The van der Waals surface area contributed by atoms with Crippen LogP contribution in [0.1, 0.15) is 12.8 Å². The van der Waals surface area contributed by atoms with Gasteiger partial charge in [0.15, 0.2) is 0 Å². The third-order valence-corrected chi connectivity index (χ3v) is 3.54. The zero-order valence-electron chi connectivity index (χ0n) is 11.1. The van der Waals surface area contributed by atoms with Crippen LogP contribution in [0.15, 0.2) is 42.6 Å². The zero-order chi connectivity index (χ0) is 13.8. The molecule has 1 aromatic heterocycles. The molecule has 5 heteroatoms. The van der Waals surface area contributed by atoms with Crippen molar-refractivity contribution in [3.05, 3.63) is 47.9 Å². The smallest absolute Gasteiger partial charge is 0.224 e. The van der Waals surface area contributed by atoms with Crippen LogP contribution in [0.2, 0.25) is 5.28 Å². The fraction of sp³-hybridized carbons (Fsp3) is 0.333. The van der Waals surface area contributed by atoms with E-state index in [0.29, 0.717) is 0 Å². The first kappa shape index (κ1) is 13.2. The SMILES string of the molecule is Clc1nccc(N2CCC[C@@H](Oc3ccccc3)C2)n1. The van der Waals surface area contributed by atoms with Crippen LogP contribution in [0, 0.1) is 0 Å². The molecule has 0 radical (unpaired) electrons. The standard InChI is InChI=1S/C15H16ClN3O/c16-15-17-9-8-14(18-15)19-10-4-7-13(11-19)20-12-5-2-1-3-6-12/h1-3,5-6,8-9,13H,4,7,10-11H2/t13-/m1/s1. The second-order valence-electron chi connectivity index (χ2n) is 4.83. The number of benzene rings is 1. The molecule has 3 rings (SSSR count). The maximum absolute atomic E-state index is 6.02. The first-order valence-electron chi connectivity index (χ1n) is 6.76. The lowest BCUT2D eigenvalue weighted by molar-refractivity contribution is 0.179. The quantitative estimate of drug-likeness (QED) is 0.814. The molecule has 2 aromatic rings. The van der Waals surface area contributed by atoms with Gasteiger partial charge in [-0.25, -0.2) is 9.97 Å². The Kier molecular flexibility index (Phi) is 4.02. The number of hydrogen-bond donors (Lipinski definition) is 0. The van der Waals surface area contributed by atoms with Crippen molar-refractivity contribution in [3.63, 3.8) is 0 Å². The summed E-state index contributed by atoms with van der Waals surface area (Å²) in [6.07, 6.45) is 4.01. The Bertz CT molecular complexity index is 564. The Labute approximate surface area is 123 Å². The summed E-state index contributed by atoms with van der Waals surface area (Å²) in [7, 11) is 0. The minimum atomic E-state index is 0.180. The summed E-state index contributed by atoms with van der Waals surface area (Å²) < 4.78 is 6.02. The minimum absolute atomic E-state index is 0.180. The Hall–Kier alpha value is -1.81. The molecular formula is C15H16ClN3O. The number of nitrogens with zero attached hydrogens (tertiary/aromatic N) is 3. The maximum Gasteiger partial charge on any atom is 0.224 e. The van der Waals surface area contributed by atoms with Crippen molar-refractivity contribution < 1.29 is 4.74 Å². The molecule has 1 aliphatic heterocycles. The lowest BCUT2D eigenvalue weighted by Crippen LogP contribution is -2.41. The van der Waals surface area contributed by atoms with E-state index in [0.717, 1.165) is 37.5 Å². The number of rotatable bonds is 3. The molecular weight excluding hydrogens is 274 g/mol. The number of para-hydroxylation sites is 1. The third kappa shape index (κ3) is 3.20. The zero-order valence-corrected chi connectivity index (χ0v) is 11.8. The normalized spacial score (nSPS) is 18.9. The highest BCUT2D eigenvalue weighted by Gasteiger charge is 2.22. The van der Waals surface area contributed by atoms with Crippen molar-refractivity contribution in [2.75, 3.05) is 18.0 Å². The highest BCUT2D eigenvalue weighted by Crippen LogP contribution is 2.22. The van der Waals surface area contributed by atoms with Crippen LogP contribution in [0.5, 0.6) is 5.75 Å². The predicted molar refractivity (Wildman–Crippen MR) is 79.3 cm³/mol. The Morgan fingerprint density at radius 3 is 2.85 bits per heavy atom. The molecule has 1 saturated heterocycles. The fourth-order valence-electron chi connectivity index (χ4n) is 2.44. The van der Waals surface area contributed by atoms with Crippen LogP contribution in [0.3, 0.4) is 0 Å². The molecule has 0 saturated carbocycles. The van der Waals surface area contributed by atoms with Gasteiger partial charge in [0.05, 0.1) is 6.54 Å². The predicted octanol–water partition coefficient (Wildman–Crippen LogP) is 3.18. The van der Waals surface area contributed by atoms with E-state index in [-0.39, 0.29) is 11.4 Å². The summed E-state index contributed by atoms with van der Waals surface area (Å²) in [5.41, 5.74) is 0. The molecule has 0 unspecified atom stereocenters. The molecule has 1 aromatic carbocycles. The molecule has 0 amide bonds. The number of piperidine rings is 1. The van der Waals surface area contributed by atoms with Gasteiger partial charge in [-0.3, -0.25) is 0 Å². The molecule has 104 valence electrons. The van der Waals surface area contributed by atoms with E-state index in [4.69, 9.17) is 16.3 Å². The van der Waals surface area contributed by atoms with Crippen LogP contribution in [0.25, 0.3) is 0 Å². The van der Waals surface area contributed by atoms with Crippen LogP contribution in [0.4, 0.5) is 5.82 Å². The van der Waals surface area contributed by atoms with Gasteiger partial charge in [0.2, 0.25) is 5.28 Å². The summed E-state index contributed by atoms with van der Waals surface area (Å²) in [6, 6.07) is 11.8. The van der Waals surface area contributed by atoms with Gasteiger partial charge in [0, 0.05) is 12.7 Å². The lowest BCUT2D eigenvalue weighted by Gasteiger charge is -2.33. The van der Waals surface area contributed by atoms with E-state index >= 15 is 0 Å². The van der Waals surface area contributed by atoms with Crippen molar-refractivity contribution in [2.45, 2.75) is 18.9 Å². The highest BCUT2D eigenvalue weighted by atomic mass is 35.5. The second-order valence-corrected chi connectivity index (χ2v) is 5.16. The van der Waals surface area contributed by atoms with Gasteiger partial charge in [-0.2, -0.15) is 0 Å². The van der Waals surface area contributed by atoms with Crippen LogP contribution < -0.4 is 9.64 Å². The van der Waals surface area contributed by atoms with Crippen LogP contribution >= 0.6 is 11.6 Å². The molecule has 0 spiro atoms. The van der Waals surface area contributed by atoms with E-state index in [1.807, 2.05) is 36.4 Å². The van der Waals surface area contributed by atoms with Crippen molar-refractivity contribution >= 4 is 17.4 Å². The number of halogens is 1. The molecule has 0 N–H and O–H groups in total. The van der Waals surface area contributed by atoms with E-state index in [9.17, 15) is 0 Å². The molecule has 1 atom stereocenters. The first-order chi connectivity index (χ1) is 9.81. The van der Waals surface area contributed by atoms with Crippen molar-refractivity contribution in [2.24, 2.45) is 0 Å². The third-order valence-electron chi connectivity index (χ3n) is 3.36. The number of ether oxygens (including phenoxy) is 1. The molecule has 4 nitrogen and oxygen atoms in total. The Morgan fingerprint density at radius 2 is 2.05 bits per heavy atom. The van der Waals surface area contributed by atoms with Gasteiger partial charge >= 0.3 is 0 Å². The van der Waals surface area contributed by atoms with Gasteiger partial charge in [-0.1, -0.05) is 18.2 Å². The monoisotopic (exact) mass is 289 g/mol. The number of anilines is 1. The van der Waals surface area contributed by atoms with Gasteiger partial charge < -0.3 is 9.64 Å². The topological polar surface area (TPSA) is 38.2 Å². The van der Waals surface area contributed by atoms with Crippen LogP contribution in [-0.2, 0) is 0 Å². The average molecular weight is 290 g/mol. The van der Waals surface area contributed by atoms with Gasteiger partial charge in [0.1, 0.15) is 17.7 Å². The van der Waals surface area contributed by atoms with Gasteiger partial charge in [-0.15, -0.1) is 0 Å². The van der Waals surface area contributed by atoms with Crippen molar-refractivity contribution in [3.8, 4) is 5.75 Å². The number of hydrogen-bond acceptors (Lipinski definition) is 4. The van der Waals surface area contributed by atoms with E-state index in [2.05, 4.69) is 14.9 Å². The van der Waals surface area contributed by atoms with Gasteiger partial charge in [0.25, 0.3) is 0 Å². The molecule has 0 aliphatic carbocycles. The number of aromatic nitrogens is 2. The summed E-state index contributed by atoms with van der Waals surface area (Å²) in [5, 5.41) is 0.286. The summed E-state index contributed by atoms with van der Waals surface area (Å²) >= 11 is 5.85. The van der Waals surface area contributed by atoms with Crippen molar-refractivity contribution in [1.29, 1.82) is 0 Å². The Morgan fingerprint density at radius 1 is 1.20 bits per heavy atom. The summed E-state index contributed by atoms with van der Waals surface area (Å²) in [4.78, 5) is 10.4. The Balaban J connectivity index is 1.67. The van der Waals surface area contributed by atoms with E-state index in [1.165, 1.54) is 0 Å². The fourth-order valence-corrected chi connectivity index (χ4v) is 2.58. The molecule has 0 bridgehead atoms. The lowest BCUT2D eigenvalue weighted by atomic mass is 10.1. The molecule has 2 heterocycles. The highest BCUT2D eigenvalue weighted by molar-refractivity contribution is 6.28. The second kappa shape index (κ2) is 6.09. The van der Waals surface area contributed by atoms with E-state index in [1.54, 1.807) is 6.20 Å². The first-order valence-corrected chi connectivity index (χ1v) is 7.14. The summed E-state index contributed by atoms with van der Waals surface area (Å²) in [5.74, 6) is 1.78.